The predicted octanol–water partition coefficient (Wildman–Crippen LogP) is 1.94. The summed E-state index contributed by atoms with van der Waals surface area (Å²) in [6.45, 7) is 5.39. The van der Waals surface area contributed by atoms with E-state index in [0.717, 1.165) is 11.1 Å². The number of ether oxygens (including phenoxy) is 1. The van der Waals surface area contributed by atoms with E-state index < -0.39 is 23.9 Å². The lowest BCUT2D eigenvalue weighted by molar-refractivity contribution is -0.131. The second-order valence-corrected chi connectivity index (χ2v) is 7.51. The fraction of sp³-hybridized carbons (Fsp3) is 0.348. The van der Waals surface area contributed by atoms with Gasteiger partial charge in [-0.1, -0.05) is 56.3 Å². The molecule has 0 heterocycles. The summed E-state index contributed by atoms with van der Waals surface area (Å²) in [5, 5.41) is 5.27. The quantitative estimate of drug-likeness (QED) is 0.555. The topological polar surface area (TPSA) is 111 Å². The number of primary amides is 1. The summed E-state index contributed by atoms with van der Waals surface area (Å²) in [7, 11) is 0. The minimum atomic E-state index is -0.906. The van der Waals surface area contributed by atoms with E-state index in [1.54, 1.807) is 0 Å². The molecule has 0 radical (unpaired) electrons. The Labute approximate surface area is 177 Å². The molecule has 0 spiro atoms. The molecule has 0 aliphatic heterocycles. The van der Waals surface area contributed by atoms with Crippen molar-refractivity contribution in [2.75, 3.05) is 0 Å². The van der Waals surface area contributed by atoms with Crippen LogP contribution in [0.25, 0.3) is 0 Å². The zero-order valence-corrected chi connectivity index (χ0v) is 17.6. The third-order valence-electron chi connectivity index (χ3n) is 4.55. The zero-order chi connectivity index (χ0) is 22.1. The fourth-order valence-corrected chi connectivity index (χ4v) is 2.98. The molecule has 7 nitrogen and oxygen atoms in total. The molecular formula is C23H29N3O4. The molecule has 4 N–H and O–H groups in total. The molecule has 2 aromatic rings. The van der Waals surface area contributed by atoms with E-state index in [1.165, 1.54) is 6.92 Å². The highest BCUT2D eigenvalue weighted by Crippen LogP contribution is 2.17. The molecule has 2 aromatic carbocycles. The molecule has 0 saturated carbocycles. The molecule has 0 aromatic heterocycles. The maximum atomic E-state index is 12.6. The van der Waals surface area contributed by atoms with Gasteiger partial charge in [0.2, 0.25) is 17.7 Å². The van der Waals surface area contributed by atoms with Gasteiger partial charge in [0.05, 0.1) is 0 Å². The summed E-state index contributed by atoms with van der Waals surface area (Å²) in [4.78, 5) is 35.9. The number of rotatable bonds is 10. The summed E-state index contributed by atoms with van der Waals surface area (Å²) in [5.41, 5.74) is 7.35. The lowest BCUT2D eigenvalue weighted by atomic mass is 10.0. The van der Waals surface area contributed by atoms with Crippen LogP contribution in [0.15, 0.2) is 54.6 Å². The average Bonchev–Trinajstić information content (AvgIpc) is 2.70. The molecule has 3 amide bonds. The van der Waals surface area contributed by atoms with Gasteiger partial charge in [0.25, 0.3) is 0 Å². The summed E-state index contributed by atoms with van der Waals surface area (Å²) >= 11 is 0. The number of carbonyl (C=O) groups is 3. The van der Waals surface area contributed by atoms with Crippen molar-refractivity contribution >= 4 is 17.7 Å². The van der Waals surface area contributed by atoms with Crippen LogP contribution in [-0.4, -0.2) is 29.8 Å². The average molecular weight is 412 g/mol. The van der Waals surface area contributed by atoms with Crippen LogP contribution in [0.5, 0.6) is 5.75 Å². The third-order valence-corrected chi connectivity index (χ3v) is 4.55. The number of nitrogens with one attached hydrogen (secondary N) is 2. The van der Waals surface area contributed by atoms with Crippen LogP contribution < -0.4 is 21.1 Å². The number of carbonyl (C=O) groups excluding carboxylic acids is 3. The molecule has 0 unspecified atom stereocenters. The van der Waals surface area contributed by atoms with Gasteiger partial charge in [-0.15, -0.1) is 0 Å². The van der Waals surface area contributed by atoms with Gasteiger partial charge in [-0.3, -0.25) is 14.4 Å². The standard InChI is InChI=1S/C23H29N3O4/c1-15(2)21(25-16(3)27)23(29)26-20(22(24)28)13-18-10-7-11-19(12-18)30-14-17-8-5-4-6-9-17/h4-12,15,20-21H,13-14H2,1-3H3,(H2,24,28)(H,25,27)(H,26,29)/t20-,21-/m1/s1. The lowest BCUT2D eigenvalue weighted by Gasteiger charge is -2.24. The highest BCUT2D eigenvalue weighted by atomic mass is 16.5. The molecule has 2 rings (SSSR count). The lowest BCUT2D eigenvalue weighted by Crippen LogP contribution is -2.55. The second-order valence-electron chi connectivity index (χ2n) is 7.51. The van der Waals surface area contributed by atoms with Crippen molar-refractivity contribution in [3.8, 4) is 5.75 Å². The van der Waals surface area contributed by atoms with E-state index in [1.807, 2.05) is 68.4 Å². The Morgan fingerprint density at radius 3 is 2.23 bits per heavy atom. The number of benzene rings is 2. The van der Waals surface area contributed by atoms with Crippen molar-refractivity contribution in [3.05, 3.63) is 65.7 Å². The first-order chi connectivity index (χ1) is 14.3. The summed E-state index contributed by atoms with van der Waals surface area (Å²) in [6, 6.07) is 15.4. The highest BCUT2D eigenvalue weighted by Gasteiger charge is 2.27. The Balaban J connectivity index is 2.04. The van der Waals surface area contributed by atoms with Crippen LogP contribution in [0, 0.1) is 5.92 Å². The van der Waals surface area contributed by atoms with Gasteiger partial charge in [-0.2, -0.15) is 0 Å². The minimum absolute atomic E-state index is 0.142. The SMILES string of the molecule is CC(=O)N[C@@H](C(=O)N[C@H](Cc1cccc(OCc2ccccc2)c1)C(N)=O)C(C)C. The molecule has 0 bridgehead atoms. The Bertz CT molecular complexity index is 868. The third kappa shape index (κ3) is 7.24. The zero-order valence-electron chi connectivity index (χ0n) is 17.6. The molecule has 160 valence electrons. The Morgan fingerprint density at radius 2 is 1.63 bits per heavy atom. The molecule has 2 atom stereocenters. The van der Waals surface area contributed by atoms with Gasteiger partial charge < -0.3 is 21.1 Å². The first-order valence-electron chi connectivity index (χ1n) is 9.88. The molecule has 0 saturated heterocycles. The van der Waals surface area contributed by atoms with Crippen LogP contribution in [-0.2, 0) is 27.4 Å². The minimum Gasteiger partial charge on any atom is -0.489 e. The van der Waals surface area contributed by atoms with E-state index in [2.05, 4.69) is 10.6 Å². The summed E-state index contributed by atoms with van der Waals surface area (Å²) in [6.07, 6.45) is 0.217. The van der Waals surface area contributed by atoms with Crippen molar-refractivity contribution in [2.24, 2.45) is 11.7 Å². The molecular weight excluding hydrogens is 382 g/mol. The molecule has 0 aliphatic rings. The normalized spacial score (nSPS) is 12.7. The van der Waals surface area contributed by atoms with Crippen molar-refractivity contribution < 1.29 is 19.1 Å². The van der Waals surface area contributed by atoms with Crippen LogP contribution in [0.1, 0.15) is 31.9 Å². The molecule has 7 heteroatoms. The first-order valence-corrected chi connectivity index (χ1v) is 9.88. The monoisotopic (exact) mass is 411 g/mol. The summed E-state index contributed by atoms with van der Waals surface area (Å²) < 4.78 is 5.82. The van der Waals surface area contributed by atoms with E-state index in [4.69, 9.17) is 10.5 Å². The van der Waals surface area contributed by atoms with Gasteiger partial charge in [0, 0.05) is 13.3 Å². The van der Waals surface area contributed by atoms with Crippen molar-refractivity contribution in [2.45, 2.75) is 45.9 Å². The molecule has 30 heavy (non-hydrogen) atoms. The van der Waals surface area contributed by atoms with E-state index in [9.17, 15) is 14.4 Å². The number of hydrogen-bond acceptors (Lipinski definition) is 4. The van der Waals surface area contributed by atoms with Crippen molar-refractivity contribution in [1.82, 2.24) is 10.6 Å². The largest absolute Gasteiger partial charge is 0.489 e. The van der Waals surface area contributed by atoms with Crippen LogP contribution in [0.3, 0.4) is 0 Å². The van der Waals surface area contributed by atoms with Crippen LogP contribution in [0.4, 0.5) is 0 Å². The smallest absolute Gasteiger partial charge is 0.243 e. The maximum absolute atomic E-state index is 12.6. The van der Waals surface area contributed by atoms with Gasteiger partial charge in [0.1, 0.15) is 24.4 Å². The Hall–Kier alpha value is -3.35. The van der Waals surface area contributed by atoms with Gasteiger partial charge in [-0.25, -0.2) is 0 Å². The number of nitrogens with two attached hydrogens (primary N) is 1. The number of amides is 3. The fourth-order valence-electron chi connectivity index (χ4n) is 2.98. The van der Waals surface area contributed by atoms with Crippen molar-refractivity contribution in [1.29, 1.82) is 0 Å². The van der Waals surface area contributed by atoms with Gasteiger partial charge in [-0.05, 0) is 29.2 Å². The van der Waals surface area contributed by atoms with Gasteiger partial charge >= 0.3 is 0 Å². The first kappa shape index (κ1) is 22.9. The molecule has 0 aliphatic carbocycles. The summed E-state index contributed by atoms with van der Waals surface area (Å²) in [5.74, 6) is -0.895. The van der Waals surface area contributed by atoms with E-state index >= 15 is 0 Å². The highest BCUT2D eigenvalue weighted by molar-refractivity contribution is 5.91. The van der Waals surface area contributed by atoms with E-state index in [0.29, 0.717) is 12.4 Å². The predicted molar refractivity (Wildman–Crippen MR) is 114 cm³/mol. The maximum Gasteiger partial charge on any atom is 0.243 e. The Morgan fingerprint density at radius 1 is 0.967 bits per heavy atom. The second kappa shape index (κ2) is 11.0. The van der Waals surface area contributed by atoms with Crippen LogP contribution >= 0.6 is 0 Å². The Kier molecular flexibility index (Phi) is 8.41. The van der Waals surface area contributed by atoms with Gasteiger partial charge in [0.15, 0.2) is 0 Å². The number of hydrogen-bond donors (Lipinski definition) is 3. The van der Waals surface area contributed by atoms with E-state index in [-0.39, 0.29) is 18.2 Å². The van der Waals surface area contributed by atoms with Crippen molar-refractivity contribution in [3.63, 3.8) is 0 Å². The van der Waals surface area contributed by atoms with Crippen LogP contribution in [0.2, 0.25) is 0 Å². The molecule has 0 fully saturated rings.